The summed E-state index contributed by atoms with van der Waals surface area (Å²) in [7, 11) is 1.64. The molecule has 1 N–H and O–H groups in total. The van der Waals surface area contributed by atoms with Crippen molar-refractivity contribution in [3.8, 4) is 5.88 Å². The molecule has 2 rings (SSSR count). The van der Waals surface area contributed by atoms with E-state index in [4.69, 9.17) is 9.47 Å². The fourth-order valence-electron chi connectivity index (χ4n) is 2.38. The van der Waals surface area contributed by atoms with Crippen LogP contribution in [0, 0.1) is 0 Å². The third-order valence-electron chi connectivity index (χ3n) is 3.50. The minimum atomic E-state index is 0.338. The highest BCUT2D eigenvalue weighted by atomic mass is 16.5. The molecule has 1 atom stereocenters. The van der Waals surface area contributed by atoms with E-state index in [1.54, 1.807) is 7.11 Å². The summed E-state index contributed by atoms with van der Waals surface area (Å²) in [5.74, 6) is 0.659. The average Bonchev–Trinajstić information content (AvgIpc) is 2.53. The lowest BCUT2D eigenvalue weighted by atomic mass is 9.96. The summed E-state index contributed by atoms with van der Waals surface area (Å²) in [6.45, 7) is 4.05. The van der Waals surface area contributed by atoms with Gasteiger partial charge in [0, 0.05) is 18.3 Å². The molecular weight excluding hydrogens is 252 g/mol. The number of nitrogens with one attached hydrogen (secondary N) is 1. The molecule has 1 aliphatic rings. The summed E-state index contributed by atoms with van der Waals surface area (Å²) in [5.41, 5.74) is 2.58. The second kappa shape index (κ2) is 7.90. The first kappa shape index (κ1) is 14.9. The third kappa shape index (κ3) is 4.23. The zero-order valence-corrected chi connectivity index (χ0v) is 12.4. The Kier molecular flexibility index (Phi) is 5.87. The van der Waals surface area contributed by atoms with Crippen LogP contribution in [0.15, 0.2) is 30.2 Å². The van der Waals surface area contributed by atoms with Crippen LogP contribution < -0.4 is 10.1 Å². The van der Waals surface area contributed by atoms with Crippen LogP contribution in [0.3, 0.4) is 0 Å². The van der Waals surface area contributed by atoms with E-state index >= 15 is 0 Å². The normalized spacial score (nSPS) is 16.2. The predicted octanol–water partition coefficient (Wildman–Crippen LogP) is 2.70. The molecule has 1 aliphatic heterocycles. The number of methoxy groups -OCH3 is 1. The number of nitrogens with zero attached hydrogens (tertiary/aromatic N) is 1. The van der Waals surface area contributed by atoms with Crippen molar-refractivity contribution in [2.24, 2.45) is 0 Å². The predicted molar refractivity (Wildman–Crippen MR) is 79.8 cm³/mol. The highest BCUT2D eigenvalue weighted by molar-refractivity contribution is 5.22. The summed E-state index contributed by atoms with van der Waals surface area (Å²) < 4.78 is 10.6. The van der Waals surface area contributed by atoms with Gasteiger partial charge in [0.15, 0.2) is 0 Å². The molecule has 4 nitrogen and oxygen atoms in total. The van der Waals surface area contributed by atoms with E-state index in [1.165, 1.54) is 11.1 Å². The van der Waals surface area contributed by atoms with Gasteiger partial charge >= 0.3 is 0 Å². The third-order valence-corrected chi connectivity index (χ3v) is 3.50. The number of rotatable bonds is 7. The van der Waals surface area contributed by atoms with Crippen LogP contribution >= 0.6 is 0 Å². The summed E-state index contributed by atoms with van der Waals surface area (Å²) >= 11 is 0. The molecule has 1 aromatic heterocycles. The monoisotopic (exact) mass is 276 g/mol. The van der Waals surface area contributed by atoms with Crippen LogP contribution in [0.2, 0.25) is 0 Å². The van der Waals surface area contributed by atoms with Gasteiger partial charge in [-0.3, -0.25) is 0 Å². The summed E-state index contributed by atoms with van der Waals surface area (Å²) in [4.78, 5) is 4.27. The van der Waals surface area contributed by atoms with Crippen molar-refractivity contribution >= 4 is 0 Å². The van der Waals surface area contributed by atoms with Crippen molar-refractivity contribution in [2.45, 2.75) is 38.6 Å². The molecule has 0 saturated carbocycles. The smallest absolute Gasteiger partial charge is 0.212 e. The van der Waals surface area contributed by atoms with Crippen molar-refractivity contribution in [1.82, 2.24) is 10.3 Å². The number of hydrogen-bond donors (Lipinski definition) is 1. The highest BCUT2D eigenvalue weighted by Crippen LogP contribution is 2.19. The first-order valence-electron chi connectivity index (χ1n) is 7.36. The molecule has 1 unspecified atom stereocenters. The SMILES string of the molecule is CCCNC(Cc1ccc(OC)nc1)C1=COCCC1. The van der Waals surface area contributed by atoms with Crippen molar-refractivity contribution in [1.29, 1.82) is 0 Å². The van der Waals surface area contributed by atoms with Gasteiger partial charge in [-0.15, -0.1) is 0 Å². The maximum Gasteiger partial charge on any atom is 0.212 e. The van der Waals surface area contributed by atoms with Crippen LogP contribution in [-0.2, 0) is 11.2 Å². The lowest BCUT2D eigenvalue weighted by Gasteiger charge is -2.24. The Bertz CT molecular complexity index is 429. The van der Waals surface area contributed by atoms with Gasteiger partial charge in [0.05, 0.1) is 20.0 Å². The van der Waals surface area contributed by atoms with E-state index in [-0.39, 0.29) is 0 Å². The molecule has 20 heavy (non-hydrogen) atoms. The topological polar surface area (TPSA) is 43.4 Å². The van der Waals surface area contributed by atoms with Crippen LogP contribution in [0.25, 0.3) is 0 Å². The van der Waals surface area contributed by atoms with Gasteiger partial charge in [0.2, 0.25) is 5.88 Å². The van der Waals surface area contributed by atoms with Crippen molar-refractivity contribution in [3.63, 3.8) is 0 Å². The van der Waals surface area contributed by atoms with Crippen LogP contribution in [0.5, 0.6) is 5.88 Å². The average molecular weight is 276 g/mol. The molecule has 0 radical (unpaired) electrons. The minimum absolute atomic E-state index is 0.338. The van der Waals surface area contributed by atoms with Gasteiger partial charge in [0.1, 0.15) is 0 Å². The van der Waals surface area contributed by atoms with E-state index in [0.29, 0.717) is 11.9 Å². The van der Waals surface area contributed by atoms with E-state index in [2.05, 4.69) is 23.3 Å². The van der Waals surface area contributed by atoms with E-state index in [0.717, 1.165) is 38.8 Å². The molecule has 4 heteroatoms. The highest BCUT2D eigenvalue weighted by Gasteiger charge is 2.17. The van der Waals surface area contributed by atoms with Crippen LogP contribution in [0.4, 0.5) is 0 Å². The molecule has 110 valence electrons. The molecule has 0 amide bonds. The second-order valence-corrected chi connectivity index (χ2v) is 5.09. The maximum atomic E-state index is 5.48. The van der Waals surface area contributed by atoms with Crippen molar-refractivity contribution in [3.05, 3.63) is 35.7 Å². The fourth-order valence-corrected chi connectivity index (χ4v) is 2.38. The zero-order chi connectivity index (χ0) is 14.2. The van der Waals surface area contributed by atoms with Crippen LogP contribution in [-0.4, -0.2) is 31.3 Å². The number of ether oxygens (including phenoxy) is 2. The minimum Gasteiger partial charge on any atom is -0.501 e. The molecule has 0 saturated heterocycles. The Balaban J connectivity index is 2.03. The van der Waals surface area contributed by atoms with E-state index in [1.807, 2.05) is 18.5 Å². The Morgan fingerprint density at radius 3 is 2.95 bits per heavy atom. The summed E-state index contributed by atoms with van der Waals surface area (Å²) in [6.07, 6.45) is 8.12. The Morgan fingerprint density at radius 1 is 1.45 bits per heavy atom. The van der Waals surface area contributed by atoms with Gasteiger partial charge in [-0.1, -0.05) is 13.0 Å². The van der Waals surface area contributed by atoms with Gasteiger partial charge in [-0.05, 0) is 43.4 Å². The lowest BCUT2D eigenvalue weighted by Crippen LogP contribution is -2.34. The molecular formula is C16H24N2O2. The maximum absolute atomic E-state index is 5.48. The Labute approximate surface area is 121 Å². The Hall–Kier alpha value is -1.55. The molecule has 0 spiro atoms. The van der Waals surface area contributed by atoms with Crippen molar-refractivity contribution in [2.75, 3.05) is 20.3 Å². The standard InChI is InChI=1S/C16H24N2O2/c1-3-8-17-15(14-5-4-9-20-12-14)10-13-6-7-16(19-2)18-11-13/h6-7,11-12,15,17H,3-5,8-10H2,1-2H3. The summed E-state index contributed by atoms with van der Waals surface area (Å²) in [6, 6.07) is 4.33. The van der Waals surface area contributed by atoms with Crippen molar-refractivity contribution < 1.29 is 9.47 Å². The van der Waals surface area contributed by atoms with Gasteiger partial charge in [-0.2, -0.15) is 0 Å². The number of hydrogen-bond acceptors (Lipinski definition) is 4. The fraction of sp³-hybridized carbons (Fsp3) is 0.562. The molecule has 0 bridgehead atoms. The second-order valence-electron chi connectivity index (χ2n) is 5.09. The molecule has 0 aromatic carbocycles. The number of pyridine rings is 1. The number of aromatic nitrogens is 1. The zero-order valence-electron chi connectivity index (χ0n) is 12.4. The quantitative estimate of drug-likeness (QED) is 0.831. The van der Waals surface area contributed by atoms with E-state index in [9.17, 15) is 0 Å². The largest absolute Gasteiger partial charge is 0.501 e. The summed E-state index contributed by atoms with van der Waals surface area (Å²) in [5, 5.41) is 3.61. The molecule has 0 aliphatic carbocycles. The first-order valence-corrected chi connectivity index (χ1v) is 7.36. The van der Waals surface area contributed by atoms with Crippen LogP contribution in [0.1, 0.15) is 31.7 Å². The van der Waals surface area contributed by atoms with Gasteiger partial charge in [0.25, 0.3) is 0 Å². The molecule has 1 aromatic rings. The van der Waals surface area contributed by atoms with E-state index < -0.39 is 0 Å². The Morgan fingerprint density at radius 2 is 2.35 bits per heavy atom. The van der Waals surface area contributed by atoms with Gasteiger partial charge < -0.3 is 14.8 Å². The molecule has 0 fully saturated rings. The van der Waals surface area contributed by atoms with Gasteiger partial charge in [-0.25, -0.2) is 4.98 Å². The molecule has 2 heterocycles. The lowest BCUT2D eigenvalue weighted by molar-refractivity contribution is 0.219. The first-order chi connectivity index (χ1) is 9.83.